The van der Waals surface area contributed by atoms with E-state index in [1.807, 2.05) is 13.8 Å². The molecule has 0 fully saturated rings. The highest BCUT2D eigenvalue weighted by molar-refractivity contribution is 6.26. The first kappa shape index (κ1) is 18.2. The lowest BCUT2D eigenvalue weighted by Gasteiger charge is -2.17. The number of para-hydroxylation sites is 1. The molecule has 0 amide bonds. The van der Waals surface area contributed by atoms with Crippen LogP contribution < -0.4 is 4.57 Å². The molecule has 3 heteroatoms. The molecule has 0 aliphatic carbocycles. The molecule has 3 nitrogen and oxygen atoms in total. The van der Waals surface area contributed by atoms with Crippen LogP contribution in [-0.2, 0) is 12.6 Å². The number of benzene rings is 3. The molecule has 0 radical (unpaired) electrons. The second-order valence-corrected chi connectivity index (χ2v) is 9.37. The van der Waals surface area contributed by atoms with Crippen molar-refractivity contribution in [3.05, 3.63) is 82.8 Å². The summed E-state index contributed by atoms with van der Waals surface area (Å²) in [4.78, 5) is 3.94. The summed E-state index contributed by atoms with van der Waals surface area (Å²) in [6.45, 7) is 16.2. The molecular weight excluding hydrogens is 378 g/mol. The molecule has 0 aliphatic rings. The molecule has 3 heterocycles. The number of aromatic nitrogens is 2. The summed E-state index contributed by atoms with van der Waals surface area (Å²) in [7, 11) is 2.14. The van der Waals surface area contributed by atoms with Crippen molar-refractivity contribution >= 4 is 49.0 Å². The molecular formula is C28H24N3+. The Bertz CT molecular complexity index is 1740. The Morgan fingerprint density at radius 3 is 2.42 bits per heavy atom. The van der Waals surface area contributed by atoms with E-state index < -0.39 is 5.54 Å². The van der Waals surface area contributed by atoms with Crippen molar-refractivity contribution < 1.29 is 4.57 Å². The maximum atomic E-state index is 7.77. The van der Waals surface area contributed by atoms with Crippen LogP contribution in [0.5, 0.6) is 0 Å². The van der Waals surface area contributed by atoms with Gasteiger partial charge in [0.2, 0.25) is 5.52 Å². The summed E-state index contributed by atoms with van der Waals surface area (Å²) in [5.74, 6) is 0. The molecule has 0 aliphatic heterocycles. The monoisotopic (exact) mass is 402 g/mol. The molecule has 0 unspecified atom stereocenters. The third kappa shape index (κ3) is 2.15. The Kier molecular flexibility index (Phi) is 3.36. The highest BCUT2D eigenvalue weighted by atomic mass is 15.0. The average molecular weight is 403 g/mol. The SMILES string of the molecule is [C-]#[N+]C(C)(C)c1cc2cc[n+](C)c3c4c(C)cc(C)c5c6ccccc6n(c(c1)c23)c54. The minimum absolute atomic E-state index is 0.576. The minimum Gasteiger partial charge on any atom is -0.307 e. The van der Waals surface area contributed by atoms with Crippen molar-refractivity contribution in [1.29, 1.82) is 0 Å². The maximum absolute atomic E-state index is 7.77. The van der Waals surface area contributed by atoms with E-state index in [1.54, 1.807) is 0 Å². The van der Waals surface area contributed by atoms with E-state index in [4.69, 9.17) is 6.57 Å². The first-order valence-corrected chi connectivity index (χ1v) is 10.7. The number of nitrogens with zero attached hydrogens (tertiary/aromatic N) is 3. The van der Waals surface area contributed by atoms with Gasteiger partial charge >= 0.3 is 0 Å². The predicted molar refractivity (Wildman–Crippen MR) is 129 cm³/mol. The van der Waals surface area contributed by atoms with Crippen LogP contribution in [-0.4, -0.2) is 4.40 Å². The Labute approximate surface area is 181 Å². The number of pyridine rings is 2. The third-order valence-corrected chi connectivity index (χ3v) is 7.01. The van der Waals surface area contributed by atoms with Gasteiger partial charge in [-0.3, -0.25) is 0 Å². The van der Waals surface area contributed by atoms with Crippen LogP contribution >= 0.6 is 0 Å². The molecule has 3 aromatic carbocycles. The number of hydrogen-bond acceptors (Lipinski definition) is 0. The van der Waals surface area contributed by atoms with Crippen LogP contribution in [0.1, 0.15) is 30.5 Å². The van der Waals surface area contributed by atoms with Crippen LogP contribution in [0.25, 0.3) is 53.8 Å². The van der Waals surface area contributed by atoms with E-state index in [-0.39, 0.29) is 0 Å². The zero-order valence-electron chi connectivity index (χ0n) is 18.5. The van der Waals surface area contributed by atoms with Gasteiger partial charge < -0.3 is 9.25 Å². The van der Waals surface area contributed by atoms with Gasteiger partial charge in [0.1, 0.15) is 7.05 Å². The van der Waals surface area contributed by atoms with Gasteiger partial charge in [-0.05, 0) is 48.6 Å². The maximum Gasteiger partial charge on any atom is 0.252 e. The van der Waals surface area contributed by atoms with Gasteiger partial charge in [0, 0.05) is 36.2 Å². The zero-order chi connectivity index (χ0) is 21.7. The van der Waals surface area contributed by atoms with Gasteiger partial charge in [-0.25, -0.2) is 11.1 Å². The molecule has 0 atom stereocenters. The standard InChI is InChI=1S/C28H24N3/c1-16-13-17(2)24-26-25-18(11-12-30(26)6)14-19(28(3,4)29-5)15-22(25)31-21-10-8-7-9-20(21)23(16)27(24)31/h7-15H,1-4,6H3/q+1. The van der Waals surface area contributed by atoms with Crippen molar-refractivity contribution in [2.24, 2.45) is 7.05 Å². The van der Waals surface area contributed by atoms with E-state index in [2.05, 4.69) is 89.4 Å². The smallest absolute Gasteiger partial charge is 0.252 e. The molecule has 150 valence electrons. The van der Waals surface area contributed by atoms with E-state index >= 15 is 0 Å². The zero-order valence-corrected chi connectivity index (χ0v) is 18.5. The molecule has 31 heavy (non-hydrogen) atoms. The van der Waals surface area contributed by atoms with Gasteiger partial charge in [-0.15, -0.1) is 0 Å². The fourth-order valence-corrected chi connectivity index (χ4v) is 5.46. The highest BCUT2D eigenvalue weighted by Gasteiger charge is 2.30. The Morgan fingerprint density at radius 2 is 1.65 bits per heavy atom. The number of rotatable bonds is 1. The normalized spacial score (nSPS) is 12.6. The van der Waals surface area contributed by atoms with Crippen molar-refractivity contribution in [3.63, 3.8) is 0 Å². The summed E-state index contributed by atoms with van der Waals surface area (Å²) < 4.78 is 4.70. The fourth-order valence-electron chi connectivity index (χ4n) is 5.46. The second-order valence-electron chi connectivity index (χ2n) is 9.37. The Balaban J connectivity index is 2.07. The van der Waals surface area contributed by atoms with Crippen LogP contribution in [0.15, 0.2) is 54.7 Å². The summed E-state index contributed by atoms with van der Waals surface area (Å²) in [6.07, 6.45) is 2.15. The summed E-state index contributed by atoms with van der Waals surface area (Å²) in [5.41, 5.74) is 8.04. The predicted octanol–water partition coefficient (Wildman–Crippen LogP) is 6.59. The molecule has 0 N–H and O–H groups in total. The van der Waals surface area contributed by atoms with Crippen molar-refractivity contribution in [1.82, 2.24) is 4.40 Å². The van der Waals surface area contributed by atoms with Gasteiger partial charge in [0.25, 0.3) is 5.54 Å². The third-order valence-electron chi connectivity index (χ3n) is 7.01. The largest absolute Gasteiger partial charge is 0.307 e. The summed E-state index contributed by atoms with van der Waals surface area (Å²) in [5, 5.41) is 6.38. The lowest BCUT2D eigenvalue weighted by molar-refractivity contribution is -0.643. The van der Waals surface area contributed by atoms with Crippen LogP contribution in [0.2, 0.25) is 0 Å². The minimum atomic E-state index is -0.576. The number of aryl methyl sites for hydroxylation is 3. The molecule has 3 aromatic heterocycles. The van der Waals surface area contributed by atoms with E-state index in [1.165, 1.54) is 60.1 Å². The summed E-state index contributed by atoms with van der Waals surface area (Å²) in [6, 6.07) is 17.7. The first-order chi connectivity index (χ1) is 14.8. The average Bonchev–Trinajstić information content (AvgIpc) is 3.10. The topological polar surface area (TPSA) is 12.7 Å². The lowest BCUT2D eigenvalue weighted by Crippen LogP contribution is -2.29. The van der Waals surface area contributed by atoms with Crippen LogP contribution in [0.3, 0.4) is 0 Å². The summed E-state index contributed by atoms with van der Waals surface area (Å²) >= 11 is 0. The number of hydrogen-bond donors (Lipinski definition) is 0. The van der Waals surface area contributed by atoms with Crippen molar-refractivity contribution in [3.8, 4) is 0 Å². The van der Waals surface area contributed by atoms with E-state index in [0.717, 1.165) is 5.56 Å². The lowest BCUT2D eigenvalue weighted by atomic mass is 9.91. The van der Waals surface area contributed by atoms with E-state index in [0.29, 0.717) is 0 Å². The van der Waals surface area contributed by atoms with Gasteiger partial charge in [0.05, 0.1) is 27.3 Å². The fraction of sp³-hybridized carbons (Fsp3) is 0.214. The van der Waals surface area contributed by atoms with Gasteiger partial charge in [0.15, 0.2) is 6.20 Å². The molecule has 6 aromatic rings. The highest BCUT2D eigenvalue weighted by Crippen LogP contribution is 2.43. The van der Waals surface area contributed by atoms with E-state index in [9.17, 15) is 0 Å². The van der Waals surface area contributed by atoms with Gasteiger partial charge in [-0.1, -0.05) is 24.3 Å². The van der Waals surface area contributed by atoms with Crippen LogP contribution in [0, 0.1) is 20.4 Å². The molecule has 0 saturated heterocycles. The Hall–Kier alpha value is -3.64. The molecule has 0 bridgehead atoms. The molecule has 6 rings (SSSR count). The molecule has 0 spiro atoms. The van der Waals surface area contributed by atoms with Crippen molar-refractivity contribution in [2.75, 3.05) is 0 Å². The second kappa shape index (κ2) is 5.74. The van der Waals surface area contributed by atoms with Crippen LogP contribution in [0.4, 0.5) is 0 Å². The van der Waals surface area contributed by atoms with Crippen molar-refractivity contribution in [2.45, 2.75) is 33.2 Å². The van der Waals surface area contributed by atoms with Gasteiger partial charge in [-0.2, -0.15) is 0 Å². The molecule has 0 saturated carbocycles. The number of fused-ring (bicyclic) bond motifs is 5. The quantitative estimate of drug-likeness (QED) is 0.127. The first-order valence-electron chi connectivity index (χ1n) is 10.7. The Morgan fingerprint density at radius 1 is 0.903 bits per heavy atom.